The van der Waals surface area contributed by atoms with Crippen molar-refractivity contribution in [3.63, 3.8) is 0 Å². The van der Waals surface area contributed by atoms with Gasteiger partial charge in [-0.25, -0.2) is 4.79 Å². The molecule has 5 heteroatoms. The number of hydrogen-bond acceptors (Lipinski definition) is 4. The molecule has 0 spiro atoms. The van der Waals surface area contributed by atoms with Crippen molar-refractivity contribution in [3.8, 4) is 5.75 Å². The molecule has 2 aromatic carbocycles. The van der Waals surface area contributed by atoms with E-state index >= 15 is 0 Å². The van der Waals surface area contributed by atoms with Crippen molar-refractivity contribution < 1.29 is 19.1 Å². The van der Waals surface area contributed by atoms with Crippen LogP contribution in [0.25, 0.3) is 0 Å². The van der Waals surface area contributed by atoms with Crippen molar-refractivity contribution in [2.45, 2.75) is 59.7 Å². The number of para-hydroxylation sites is 1. The third kappa shape index (κ3) is 5.59. The van der Waals surface area contributed by atoms with Crippen molar-refractivity contribution in [1.29, 1.82) is 0 Å². The summed E-state index contributed by atoms with van der Waals surface area (Å²) in [5.74, 6) is 0.0367. The highest BCUT2D eigenvalue weighted by Crippen LogP contribution is 2.27. The summed E-state index contributed by atoms with van der Waals surface area (Å²) in [7, 11) is 0. The highest BCUT2D eigenvalue weighted by atomic mass is 16.5. The first-order valence-electron chi connectivity index (χ1n) is 9.57. The molecule has 0 aliphatic heterocycles. The molecule has 1 N–H and O–H groups in total. The molecule has 150 valence electrons. The molecule has 2 rings (SSSR count). The van der Waals surface area contributed by atoms with E-state index in [1.807, 2.05) is 39.0 Å². The average molecular weight is 383 g/mol. The summed E-state index contributed by atoms with van der Waals surface area (Å²) in [6, 6.07) is 12.6. The Kier molecular flexibility index (Phi) is 7.21. The Hall–Kier alpha value is -2.82. The van der Waals surface area contributed by atoms with Crippen molar-refractivity contribution in [1.82, 2.24) is 0 Å². The van der Waals surface area contributed by atoms with Crippen molar-refractivity contribution in [3.05, 3.63) is 59.2 Å². The molecular weight excluding hydrogens is 354 g/mol. The first-order valence-corrected chi connectivity index (χ1v) is 9.57. The summed E-state index contributed by atoms with van der Waals surface area (Å²) < 4.78 is 10.9. The van der Waals surface area contributed by atoms with Gasteiger partial charge in [0, 0.05) is 5.69 Å². The van der Waals surface area contributed by atoms with Crippen LogP contribution < -0.4 is 10.1 Å². The fraction of sp³-hybridized carbons (Fsp3) is 0.391. The molecule has 0 saturated heterocycles. The standard InChI is InChI=1S/C23H29NO4/c1-14(2)20-9-7-8-16(5)21(20)24-22(25)17(6)28-23(26)18-10-12-19(13-11-18)27-15(3)4/h7-15,17H,1-6H3,(H,24,25)/t17-/m1/s1. The fourth-order valence-corrected chi connectivity index (χ4v) is 2.79. The zero-order valence-electron chi connectivity index (χ0n) is 17.4. The van der Waals surface area contributed by atoms with Crippen LogP contribution in [-0.2, 0) is 9.53 Å². The topological polar surface area (TPSA) is 64.6 Å². The zero-order valence-corrected chi connectivity index (χ0v) is 17.4. The van der Waals surface area contributed by atoms with Crippen LogP contribution in [-0.4, -0.2) is 24.1 Å². The SMILES string of the molecule is Cc1cccc(C(C)C)c1NC(=O)[C@@H](C)OC(=O)c1ccc(OC(C)C)cc1. The van der Waals surface area contributed by atoms with Crippen LogP contribution in [0.1, 0.15) is 62.0 Å². The predicted octanol–water partition coefficient (Wildman–Crippen LogP) is 5.09. The van der Waals surface area contributed by atoms with Gasteiger partial charge < -0.3 is 14.8 Å². The van der Waals surface area contributed by atoms with Gasteiger partial charge in [-0.05, 0) is 69.0 Å². The van der Waals surface area contributed by atoms with Crippen LogP contribution >= 0.6 is 0 Å². The van der Waals surface area contributed by atoms with E-state index in [9.17, 15) is 9.59 Å². The van der Waals surface area contributed by atoms with Crippen LogP contribution in [0.5, 0.6) is 5.75 Å². The first kappa shape index (κ1) is 21.5. The van der Waals surface area contributed by atoms with Crippen LogP contribution in [0.3, 0.4) is 0 Å². The number of carbonyl (C=O) groups excluding carboxylic acids is 2. The first-order chi connectivity index (χ1) is 13.2. The number of hydrogen-bond donors (Lipinski definition) is 1. The van der Waals surface area contributed by atoms with Crippen LogP contribution in [0.15, 0.2) is 42.5 Å². The molecule has 1 atom stereocenters. The van der Waals surface area contributed by atoms with Gasteiger partial charge in [0.2, 0.25) is 0 Å². The largest absolute Gasteiger partial charge is 0.491 e. The molecule has 0 bridgehead atoms. The fourth-order valence-electron chi connectivity index (χ4n) is 2.79. The molecule has 0 saturated carbocycles. The minimum atomic E-state index is -0.918. The van der Waals surface area contributed by atoms with E-state index in [1.54, 1.807) is 31.2 Å². The summed E-state index contributed by atoms with van der Waals surface area (Å²) in [6.07, 6.45) is -0.864. The minimum absolute atomic E-state index is 0.0543. The molecule has 2 aromatic rings. The van der Waals surface area contributed by atoms with Gasteiger partial charge in [-0.3, -0.25) is 4.79 Å². The number of esters is 1. The Morgan fingerprint density at radius 2 is 1.57 bits per heavy atom. The van der Waals surface area contributed by atoms with Crippen LogP contribution in [0.4, 0.5) is 5.69 Å². The molecule has 0 aromatic heterocycles. The molecular formula is C23H29NO4. The molecule has 5 nitrogen and oxygen atoms in total. The third-order valence-electron chi connectivity index (χ3n) is 4.29. The van der Waals surface area contributed by atoms with Gasteiger partial charge in [0.05, 0.1) is 11.7 Å². The zero-order chi connectivity index (χ0) is 20.8. The highest BCUT2D eigenvalue weighted by Gasteiger charge is 2.21. The summed E-state index contributed by atoms with van der Waals surface area (Å²) in [4.78, 5) is 24.9. The summed E-state index contributed by atoms with van der Waals surface area (Å²) in [6.45, 7) is 11.5. The van der Waals surface area contributed by atoms with Gasteiger partial charge in [-0.15, -0.1) is 0 Å². The second-order valence-corrected chi connectivity index (χ2v) is 7.42. The third-order valence-corrected chi connectivity index (χ3v) is 4.29. The monoisotopic (exact) mass is 383 g/mol. The lowest BCUT2D eigenvalue weighted by Gasteiger charge is -2.19. The van der Waals surface area contributed by atoms with Crippen LogP contribution in [0, 0.1) is 6.92 Å². The number of rotatable bonds is 7. The molecule has 0 unspecified atom stereocenters. The molecule has 28 heavy (non-hydrogen) atoms. The van der Waals surface area contributed by atoms with Gasteiger partial charge in [-0.1, -0.05) is 32.0 Å². The maximum absolute atomic E-state index is 12.6. The Bertz CT molecular complexity index is 825. The smallest absolute Gasteiger partial charge is 0.338 e. The Morgan fingerprint density at radius 3 is 2.14 bits per heavy atom. The summed E-state index contributed by atoms with van der Waals surface area (Å²) in [5.41, 5.74) is 3.17. The van der Waals surface area contributed by atoms with E-state index in [4.69, 9.17) is 9.47 Å². The van der Waals surface area contributed by atoms with Gasteiger partial charge in [0.25, 0.3) is 5.91 Å². The quantitative estimate of drug-likeness (QED) is 0.677. The normalized spacial score (nSPS) is 12.0. The van der Waals surface area contributed by atoms with Gasteiger partial charge in [-0.2, -0.15) is 0 Å². The second-order valence-electron chi connectivity index (χ2n) is 7.42. The van der Waals surface area contributed by atoms with Crippen LogP contribution in [0.2, 0.25) is 0 Å². The molecule has 0 aliphatic carbocycles. The number of amides is 1. The number of aryl methyl sites for hydroxylation is 1. The molecule has 0 fully saturated rings. The Labute approximate surface area is 167 Å². The summed E-state index contributed by atoms with van der Waals surface area (Å²) >= 11 is 0. The predicted molar refractivity (Wildman–Crippen MR) is 111 cm³/mol. The maximum Gasteiger partial charge on any atom is 0.338 e. The maximum atomic E-state index is 12.6. The van der Waals surface area contributed by atoms with Gasteiger partial charge in [0.15, 0.2) is 6.10 Å². The van der Waals surface area contributed by atoms with Crippen molar-refractivity contribution in [2.24, 2.45) is 0 Å². The van der Waals surface area contributed by atoms with E-state index in [2.05, 4.69) is 19.2 Å². The van der Waals surface area contributed by atoms with E-state index in [1.165, 1.54) is 0 Å². The minimum Gasteiger partial charge on any atom is -0.491 e. The Balaban J connectivity index is 2.03. The molecule has 0 heterocycles. The molecule has 0 aliphatic rings. The average Bonchev–Trinajstić information content (AvgIpc) is 2.63. The van der Waals surface area contributed by atoms with E-state index in [0.29, 0.717) is 11.3 Å². The molecule has 0 radical (unpaired) electrons. The summed E-state index contributed by atoms with van der Waals surface area (Å²) in [5, 5.41) is 2.91. The number of ether oxygens (including phenoxy) is 2. The number of nitrogens with one attached hydrogen (secondary N) is 1. The lowest BCUT2D eigenvalue weighted by atomic mass is 9.98. The van der Waals surface area contributed by atoms with Crippen molar-refractivity contribution in [2.75, 3.05) is 5.32 Å². The lowest BCUT2D eigenvalue weighted by molar-refractivity contribution is -0.123. The highest BCUT2D eigenvalue weighted by molar-refractivity contribution is 5.98. The van der Waals surface area contributed by atoms with E-state index in [0.717, 1.165) is 16.8 Å². The number of anilines is 1. The van der Waals surface area contributed by atoms with Gasteiger partial charge >= 0.3 is 5.97 Å². The van der Waals surface area contributed by atoms with E-state index in [-0.39, 0.29) is 17.9 Å². The van der Waals surface area contributed by atoms with E-state index < -0.39 is 12.1 Å². The second kappa shape index (κ2) is 9.40. The van der Waals surface area contributed by atoms with Gasteiger partial charge in [0.1, 0.15) is 5.75 Å². The number of carbonyl (C=O) groups is 2. The molecule has 1 amide bonds. The number of benzene rings is 2. The van der Waals surface area contributed by atoms with Crippen molar-refractivity contribution >= 4 is 17.6 Å². The Morgan fingerprint density at radius 1 is 0.929 bits per heavy atom. The lowest BCUT2D eigenvalue weighted by Crippen LogP contribution is -2.30.